The summed E-state index contributed by atoms with van der Waals surface area (Å²) in [5, 5.41) is 6.24. The van der Waals surface area contributed by atoms with Gasteiger partial charge in [0.15, 0.2) is 5.82 Å². The Kier molecular flexibility index (Phi) is 7.16. The fourth-order valence-corrected chi connectivity index (χ4v) is 4.71. The molecule has 2 amide bonds. The fourth-order valence-electron chi connectivity index (χ4n) is 4.71. The van der Waals surface area contributed by atoms with E-state index >= 15 is 0 Å². The summed E-state index contributed by atoms with van der Waals surface area (Å²) in [5.41, 5.74) is 12.7. The van der Waals surface area contributed by atoms with Crippen molar-refractivity contribution in [1.29, 1.82) is 0 Å². The van der Waals surface area contributed by atoms with Crippen molar-refractivity contribution < 1.29 is 9.59 Å². The number of hydrogen-bond acceptors (Lipinski definition) is 7. The Morgan fingerprint density at radius 3 is 2.56 bits per heavy atom. The summed E-state index contributed by atoms with van der Waals surface area (Å²) in [5.74, 6) is -0.669. The average molecular weight is 468 g/mol. The molecule has 0 bridgehead atoms. The van der Waals surface area contributed by atoms with Gasteiger partial charge in [-0.2, -0.15) is 4.98 Å². The van der Waals surface area contributed by atoms with Crippen LogP contribution in [0.1, 0.15) is 71.2 Å². The number of hydrogen-bond donors (Lipinski definition) is 5. The molecule has 1 aromatic heterocycles. The van der Waals surface area contributed by atoms with Gasteiger partial charge in [0.2, 0.25) is 5.95 Å². The highest BCUT2D eigenvalue weighted by atomic mass is 16.2. The van der Waals surface area contributed by atoms with Crippen LogP contribution in [-0.4, -0.2) is 51.9 Å². The number of carbonyl (C=O) groups is 2. The van der Waals surface area contributed by atoms with Gasteiger partial charge in [-0.1, -0.05) is 18.9 Å². The smallest absolute Gasteiger partial charge is 0.267 e. The third-order valence-electron chi connectivity index (χ3n) is 6.68. The third kappa shape index (κ3) is 5.22. The molecule has 1 aromatic carbocycles. The molecule has 2 heterocycles. The van der Waals surface area contributed by atoms with E-state index in [-0.39, 0.29) is 35.3 Å². The molecule has 0 spiro atoms. The second-order valence-electron chi connectivity index (χ2n) is 9.21. The maximum absolute atomic E-state index is 13.1. The summed E-state index contributed by atoms with van der Waals surface area (Å²) in [6, 6.07) is 5.25. The first-order valence-corrected chi connectivity index (χ1v) is 12.0. The number of aromatic amines is 1. The highest BCUT2D eigenvalue weighted by Crippen LogP contribution is 2.24. The van der Waals surface area contributed by atoms with Gasteiger partial charge in [-0.05, 0) is 56.7 Å². The minimum Gasteiger partial charge on any atom is -0.365 e. The van der Waals surface area contributed by atoms with Crippen LogP contribution in [0.25, 0.3) is 0 Å². The Bertz CT molecular complexity index is 1120. The Morgan fingerprint density at radius 1 is 1.12 bits per heavy atom. The number of piperidine rings is 1. The van der Waals surface area contributed by atoms with Gasteiger partial charge in [-0.3, -0.25) is 19.4 Å². The minimum absolute atomic E-state index is 0.0246. The lowest BCUT2D eigenvalue weighted by Gasteiger charge is -2.29. The van der Waals surface area contributed by atoms with E-state index in [1.165, 1.54) is 0 Å². The molecule has 0 unspecified atom stereocenters. The summed E-state index contributed by atoms with van der Waals surface area (Å²) >= 11 is 0. The van der Waals surface area contributed by atoms with Gasteiger partial charge < -0.3 is 27.0 Å². The molecule has 182 valence electrons. The number of aromatic nitrogens is 2. The highest BCUT2D eigenvalue weighted by Gasteiger charge is 2.24. The quantitative estimate of drug-likeness (QED) is 0.435. The predicted octanol–water partition coefficient (Wildman–Crippen LogP) is 2.23. The van der Waals surface area contributed by atoms with Crippen molar-refractivity contribution >= 4 is 29.3 Å². The number of likely N-dealkylation sites (tertiary alicyclic amines) is 1. The topological polar surface area (TPSA) is 159 Å². The SMILES string of the molecule is Cc1ccc(Nc2nc(N[C@H]3CCCC[C@@H]3N)[nH]c(=O)c2C(N)=O)cc1C(=O)N1CCCCC1. The Labute approximate surface area is 198 Å². The average Bonchev–Trinajstić information content (AvgIpc) is 2.81. The second kappa shape index (κ2) is 10.3. The van der Waals surface area contributed by atoms with Crippen molar-refractivity contribution in [3.63, 3.8) is 0 Å². The van der Waals surface area contributed by atoms with Crippen molar-refractivity contribution in [3.05, 3.63) is 45.2 Å². The molecule has 2 fully saturated rings. The number of carbonyl (C=O) groups excluding carboxylic acids is 2. The van der Waals surface area contributed by atoms with Gasteiger partial charge in [0.25, 0.3) is 17.4 Å². The van der Waals surface area contributed by atoms with Crippen LogP contribution in [0, 0.1) is 6.92 Å². The lowest BCUT2D eigenvalue weighted by molar-refractivity contribution is 0.0723. The van der Waals surface area contributed by atoms with Crippen LogP contribution in [0.2, 0.25) is 0 Å². The van der Waals surface area contributed by atoms with E-state index in [1.54, 1.807) is 12.1 Å². The molecule has 1 saturated heterocycles. The molecular formula is C24H33N7O3. The first-order chi connectivity index (χ1) is 16.3. The van der Waals surface area contributed by atoms with Gasteiger partial charge in [-0.15, -0.1) is 0 Å². The number of rotatable bonds is 6. The van der Waals surface area contributed by atoms with Gasteiger partial charge in [-0.25, -0.2) is 0 Å². The summed E-state index contributed by atoms with van der Waals surface area (Å²) in [4.78, 5) is 46.7. The maximum Gasteiger partial charge on any atom is 0.267 e. The molecule has 2 aliphatic rings. The number of anilines is 3. The molecule has 1 aliphatic carbocycles. The van der Waals surface area contributed by atoms with E-state index in [0.29, 0.717) is 11.3 Å². The highest BCUT2D eigenvalue weighted by molar-refractivity contribution is 5.99. The second-order valence-corrected chi connectivity index (χ2v) is 9.21. The van der Waals surface area contributed by atoms with Gasteiger partial charge >= 0.3 is 0 Å². The molecule has 1 aliphatic heterocycles. The monoisotopic (exact) mass is 467 g/mol. The summed E-state index contributed by atoms with van der Waals surface area (Å²) in [6.07, 6.45) is 7.01. The van der Waals surface area contributed by atoms with E-state index in [2.05, 4.69) is 20.6 Å². The molecule has 10 heteroatoms. The van der Waals surface area contributed by atoms with Gasteiger partial charge in [0.1, 0.15) is 5.56 Å². The van der Waals surface area contributed by atoms with Crippen molar-refractivity contribution in [2.45, 2.75) is 64.0 Å². The number of H-pyrrole nitrogens is 1. The molecule has 4 rings (SSSR count). The lowest BCUT2D eigenvalue weighted by Crippen LogP contribution is -2.43. The summed E-state index contributed by atoms with van der Waals surface area (Å²) in [7, 11) is 0. The van der Waals surface area contributed by atoms with Crippen molar-refractivity contribution in [1.82, 2.24) is 14.9 Å². The van der Waals surface area contributed by atoms with Crippen LogP contribution in [0.3, 0.4) is 0 Å². The normalized spacial score (nSPS) is 20.6. The summed E-state index contributed by atoms with van der Waals surface area (Å²) < 4.78 is 0. The molecular weight excluding hydrogens is 434 g/mol. The van der Waals surface area contributed by atoms with Crippen molar-refractivity contribution in [3.8, 4) is 0 Å². The van der Waals surface area contributed by atoms with Crippen molar-refractivity contribution in [2.75, 3.05) is 23.7 Å². The first kappa shape index (κ1) is 23.7. The van der Waals surface area contributed by atoms with Crippen molar-refractivity contribution in [2.24, 2.45) is 11.5 Å². The fraction of sp³-hybridized carbons (Fsp3) is 0.500. The van der Waals surface area contributed by atoms with Crippen LogP contribution in [0.5, 0.6) is 0 Å². The molecule has 10 nitrogen and oxygen atoms in total. The van der Waals surface area contributed by atoms with Crippen LogP contribution in [0.15, 0.2) is 23.0 Å². The minimum atomic E-state index is -0.895. The number of benzene rings is 1. The van der Waals surface area contributed by atoms with Crippen LogP contribution < -0.4 is 27.7 Å². The molecule has 7 N–H and O–H groups in total. The number of nitrogens with one attached hydrogen (secondary N) is 3. The Hall–Kier alpha value is -3.40. The van der Waals surface area contributed by atoms with Crippen LogP contribution in [-0.2, 0) is 0 Å². The first-order valence-electron chi connectivity index (χ1n) is 12.0. The maximum atomic E-state index is 13.1. The number of nitrogens with two attached hydrogens (primary N) is 2. The molecule has 34 heavy (non-hydrogen) atoms. The number of aryl methyl sites for hydroxylation is 1. The number of amides is 2. The Morgan fingerprint density at radius 2 is 1.85 bits per heavy atom. The van der Waals surface area contributed by atoms with E-state index in [9.17, 15) is 14.4 Å². The Balaban J connectivity index is 1.63. The number of nitrogens with zero attached hydrogens (tertiary/aromatic N) is 2. The predicted molar refractivity (Wildman–Crippen MR) is 131 cm³/mol. The third-order valence-corrected chi connectivity index (χ3v) is 6.68. The zero-order valence-electron chi connectivity index (χ0n) is 19.5. The van der Waals surface area contributed by atoms with Crippen LogP contribution in [0.4, 0.5) is 17.5 Å². The van der Waals surface area contributed by atoms with Gasteiger partial charge in [0.05, 0.1) is 0 Å². The van der Waals surface area contributed by atoms with Gasteiger partial charge in [0, 0.05) is 36.4 Å². The molecule has 2 atom stereocenters. The molecule has 1 saturated carbocycles. The number of primary amides is 1. The molecule has 0 radical (unpaired) electrons. The standard InChI is InChI=1S/C24H33N7O3/c1-14-9-10-15(13-16(14)23(34)31-11-5-2-6-12-31)27-21-19(20(26)32)22(33)30-24(29-21)28-18-8-4-3-7-17(18)25/h9-10,13,17-18H,2-8,11-12,25H2,1H3,(H2,26,32)(H3,27,28,29,30,33)/t17-,18-/m0/s1. The van der Waals surface area contributed by atoms with E-state index in [0.717, 1.165) is 63.6 Å². The summed E-state index contributed by atoms with van der Waals surface area (Å²) in [6.45, 7) is 3.38. The van der Waals surface area contributed by atoms with E-state index in [1.807, 2.05) is 17.9 Å². The van der Waals surface area contributed by atoms with Crippen LogP contribution >= 0.6 is 0 Å². The zero-order valence-corrected chi connectivity index (χ0v) is 19.5. The molecule has 2 aromatic rings. The van der Waals surface area contributed by atoms with E-state index < -0.39 is 11.5 Å². The largest absolute Gasteiger partial charge is 0.365 e. The zero-order chi connectivity index (χ0) is 24.2. The van der Waals surface area contributed by atoms with E-state index in [4.69, 9.17) is 11.5 Å². The lowest BCUT2D eigenvalue weighted by atomic mass is 9.91.